The van der Waals surface area contributed by atoms with Gasteiger partial charge in [0.25, 0.3) is 5.91 Å². The van der Waals surface area contributed by atoms with E-state index in [1.54, 1.807) is 18.2 Å². The molecule has 1 saturated heterocycles. The molecule has 4 rings (SSSR count). The summed E-state index contributed by atoms with van der Waals surface area (Å²) in [5.41, 5.74) is 0.293. The van der Waals surface area contributed by atoms with Crippen molar-refractivity contribution >= 4 is 5.91 Å². The normalized spacial score (nSPS) is 16.7. The average molecular weight is 421 g/mol. The van der Waals surface area contributed by atoms with Crippen LogP contribution >= 0.6 is 0 Å². The van der Waals surface area contributed by atoms with E-state index in [4.69, 9.17) is 4.74 Å². The van der Waals surface area contributed by atoms with Crippen molar-refractivity contribution in [2.45, 2.75) is 18.7 Å². The van der Waals surface area contributed by atoms with E-state index in [0.717, 1.165) is 0 Å². The molecule has 1 amide bonds. The number of nitrogens with zero attached hydrogens (tertiary/aromatic N) is 3. The van der Waals surface area contributed by atoms with Gasteiger partial charge in [0.15, 0.2) is 0 Å². The highest BCUT2D eigenvalue weighted by Crippen LogP contribution is 2.30. The number of rotatable bonds is 4. The Hall–Kier alpha value is -3.43. The maximum Gasteiger partial charge on any atom is 0.471 e. The first-order valence-corrected chi connectivity index (χ1v) is 9.03. The van der Waals surface area contributed by atoms with Crippen molar-refractivity contribution in [2.24, 2.45) is 0 Å². The van der Waals surface area contributed by atoms with Gasteiger partial charge < -0.3 is 14.2 Å². The van der Waals surface area contributed by atoms with Crippen LogP contribution in [0.4, 0.5) is 17.6 Å². The van der Waals surface area contributed by atoms with Gasteiger partial charge in [-0.3, -0.25) is 4.79 Å². The van der Waals surface area contributed by atoms with Crippen molar-refractivity contribution in [1.29, 1.82) is 0 Å². The zero-order chi connectivity index (χ0) is 21.3. The standard InChI is InChI=1S/C20H15F4N3O3/c21-16-7-2-1-6-15(16)18(28)27-9-8-14(11-27)29-13-5-3-4-12(10-13)17-25-19(30-26-17)20(22,23)24/h1-7,10,14H,8-9,11H2/t14-/m1/s1. The minimum Gasteiger partial charge on any atom is -0.488 e. The lowest BCUT2D eigenvalue weighted by molar-refractivity contribution is -0.159. The molecular weight excluding hydrogens is 406 g/mol. The van der Waals surface area contributed by atoms with E-state index < -0.39 is 23.8 Å². The Morgan fingerprint density at radius 2 is 1.97 bits per heavy atom. The summed E-state index contributed by atoms with van der Waals surface area (Å²) in [6.45, 7) is 0.662. The summed E-state index contributed by atoms with van der Waals surface area (Å²) in [4.78, 5) is 17.4. The minimum absolute atomic E-state index is 0.00211. The predicted octanol–water partition coefficient (Wildman–Crippen LogP) is 4.19. The second kappa shape index (κ2) is 7.77. The Labute approximate surface area is 168 Å². The summed E-state index contributed by atoms with van der Waals surface area (Å²) in [7, 11) is 0. The number of halogens is 4. The molecule has 30 heavy (non-hydrogen) atoms. The van der Waals surface area contributed by atoms with Gasteiger partial charge in [-0.25, -0.2) is 4.39 Å². The third-order valence-electron chi connectivity index (χ3n) is 4.60. The van der Waals surface area contributed by atoms with E-state index in [0.29, 0.717) is 24.3 Å². The van der Waals surface area contributed by atoms with Crippen LogP contribution in [0.2, 0.25) is 0 Å². The SMILES string of the molecule is O=C(c1ccccc1F)N1CC[C@@H](Oc2cccc(-c3noc(C(F)(F)F)n3)c2)C1. The van der Waals surface area contributed by atoms with Crippen molar-refractivity contribution in [3.8, 4) is 17.1 Å². The Morgan fingerprint density at radius 3 is 2.70 bits per heavy atom. The van der Waals surface area contributed by atoms with Crippen molar-refractivity contribution in [3.63, 3.8) is 0 Å². The molecule has 1 aliphatic rings. The zero-order valence-electron chi connectivity index (χ0n) is 15.4. The summed E-state index contributed by atoms with van der Waals surface area (Å²) >= 11 is 0. The Balaban J connectivity index is 1.43. The van der Waals surface area contributed by atoms with Crippen LogP contribution in [-0.4, -0.2) is 40.1 Å². The maximum atomic E-state index is 13.8. The van der Waals surface area contributed by atoms with Crippen LogP contribution in [0.5, 0.6) is 5.75 Å². The molecule has 1 fully saturated rings. The number of hydrogen-bond donors (Lipinski definition) is 0. The molecule has 0 radical (unpaired) electrons. The smallest absolute Gasteiger partial charge is 0.471 e. The summed E-state index contributed by atoms with van der Waals surface area (Å²) in [5, 5.41) is 3.35. The highest BCUT2D eigenvalue weighted by atomic mass is 19.4. The molecule has 3 aromatic rings. The largest absolute Gasteiger partial charge is 0.488 e. The molecule has 0 bridgehead atoms. The van der Waals surface area contributed by atoms with Gasteiger partial charge in [-0.15, -0.1) is 0 Å². The van der Waals surface area contributed by atoms with Gasteiger partial charge in [0.05, 0.1) is 12.1 Å². The molecule has 1 aromatic heterocycles. The Kier molecular flexibility index (Phi) is 5.15. The molecule has 6 nitrogen and oxygen atoms in total. The zero-order valence-corrected chi connectivity index (χ0v) is 15.4. The third-order valence-corrected chi connectivity index (χ3v) is 4.60. The first kappa shape index (κ1) is 19.9. The number of carbonyl (C=O) groups is 1. The van der Waals surface area contributed by atoms with E-state index in [1.165, 1.54) is 35.2 Å². The second-order valence-electron chi connectivity index (χ2n) is 6.71. The highest BCUT2D eigenvalue weighted by molar-refractivity contribution is 5.94. The summed E-state index contributed by atoms with van der Waals surface area (Å²) in [6.07, 6.45) is -4.53. The fourth-order valence-corrected chi connectivity index (χ4v) is 3.17. The van der Waals surface area contributed by atoms with E-state index in [1.807, 2.05) is 0 Å². The van der Waals surface area contributed by atoms with Gasteiger partial charge in [0, 0.05) is 18.5 Å². The number of likely N-dealkylation sites (tertiary alicyclic amines) is 1. The lowest BCUT2D eigenvalue weighted by Gasteiger charge is -2.18. The molecular formula is C20H15F4N3O3. The van der Waals surface area contributed by atoms with Gasteiger partial charge in [0.2, 0.25) is 5.82 Å². The number of aromatic nitrogens is 2. The van der Waals surface area contributed by atoms with Crippen LogP contribution in [-0.2, 0) is 6.18 Å². The molecule has 10 heteroatoms. The first-order valence-electron chi connectivity index (χ1n) is 9.03. The van der Waals surface area contributed by atoms with Crippen molar-refractivity contribution in [1.82, 2.24) is 15.0 Å². The number of benzene rings is 2. The Bertz CT molecular complexity index is 1070. The molecule has 0 saturated carbocycles. The molecule has 156 valence electrons. The van der Waals surface area contributed by atoms with Crippen molar-refractivity contribution in [2.75, 3.05) is 13.1 Å². The molecule has 1 aliphatic heterocycles. The van der Waals surface area contributed by atoms with Crippen LogP contribution < -0.4 is 4.74 Å². The summed E-state index contributed by atoms with van der Waals surface area (Å²) in [5.74, 6) is -2.26. The quantitative estimate of drug-likeness (QED) is 0.591. The van der Waals surface area contributed by atoms with Gasteiger partial charge in [-0.2, -0.15) is 18.2 Å². The fraction of sp³-hybridized carbons (Fsp3) is 0.250. The second-order valence-corrected chi connectivity index (χ2v) is 6.71. The van der Waals surface area contributed by atoms with Crippen molar-refractivity contribution < 1.29 is 31.6 Å². The number of ether oxygens (including phenoxy) is 1. The molecule has 0 spiro atoms. The number of alkyl halides is 3. The molecule has 2 aromatic carbocycles. The van der Waals surface area contributed by atoms with Crippen LogP contribution in [0.25, 0.3) is 11.4 Å². The van der Waals surface area contributed by atoms with Crippen LogP contribution in [0.3, 0.4) is 0 Å². The summed E-state index contributed by atoms with van der Waals surface area (Å²) < 4.78 is 61.9. The molecule has 0 unspecified atom stereocenters. The average Bonchev–Trinajstić information content (AvgIpc) is 3.38. The minimum atomic E-state index is -4.72. The summed E-state index contributed by atoms with van der Waals surface area (Å²) in [6, 6.07) is 12.0. The van der Waals surface area contributed by atoms with E-state index in [2.05, 4.69) is 14.7 Å². The molecule has 2 heterocycles. The molecule has 0 N–H and O–H groups in total. The highest BCUT2D eigenvalue weighted by Gasteiger charge is 2.38. The van der Waals surface area contributed by atoms with E-state index in [9.17, 15) is 22.4 Å². The lowest BCUT2D eigenvalue weighted by atomic mass is 10.2. The molecule has 1 atom stereocenters. The van der Waals surface area contributed by atoms with Gasteiger partial charge in [-0.05, 0) is 24.3 Å². The monoisotopic (exact) mass is 421 g/mol. The first-order chi connectivity index (χ1) is 14.3. The van der Waals surface area contributed by atoms with Gasteiger partial charge in [-0.1, -0.05) is 29.4 Å². The van der Waals surface area contributed by atoms with Gasteiger partial charge in [0.1, 0.15) is 17.7 Å². The molecule has 0 aliphatic carbocycles. The predicted molar refractivity (Wildman–Crippen MR) is 96.1 cm³/mol. The van der Waals surface area contributed by atoms with Gasteiger partial charge >= 0.3 is 12.1 Å². The van der Waals surface area contributed by atoms with Crippen LogP contribution in [0, 0.1) is 5.82 Å². The maximum absolute atomic E-state index is 13.8. The van der Waals surface area contributed by atoms with E-state index >= 15 is 0 Å². The number of hydrogen-bond acceptors (Lipinski definition) is 5. The number of amides is 1. The number of carbonyl (C=O) groups excluding carboxylic acids is 1. The third kappa shape index (κ3) is 4.12. The van der Waals surface area contributed by atoms with Crippen LogP contribution in [0.15, 0.2) is 53.1 Å². The van der Waals surface area contributed by atoms with Crippen molar-refractivity contribution in [3.05, 3.63) is 65.8 Å². The lowest BCUT2D eigenvalue weighted by Crippen LogP contribution is -2.31. The Morgan fingerprint density at radius 1 is 1.17 bits per heavy atom. The topological polar surface area (TPSA) is 68.5 Å². The van der Waals surface area contributed by atoms with Crippen LogP contribution in [0.1, 0.15) is 22.7 Å². The van der Waals surface area contributed by atoms with E-state index in [-0.39, 0.29) is 24.0 Å². The fourth-order valence-electron chi connectivity index (χ4n) is 3.17.